The summed E-state index contributed by atoms with van der Waals surface area (Å²) in [5.74, 6) is -0.809. The molecule has 0 bridgehead atoms. The van der Waals surface area contributed by atoms with Gasteiger partial charge in [-0.1, -0.05) is 0 Å². The lowest BCUT2D eigenvalue weighted by Crippen LogP contribution is -2.06. The molecule has 0 unspecified atom stereocenters. The number of hydrogen-bond donors (Lipinski definition) is 0. The lowest BCUT2D eigenvalue weighted by molar-refractivity contribution is -0.145. The fourth-order valence-corrected chi connectivity index (χ4v) is 1.69. The van der Waals surface area contributed by atoms with E-state index in [0.717, 1.165) is 0 Å². The Hall–Kier alpha value is -2.08. The molecule has 6 heteroatoms. The summed E-state index contributed by atoms with van der Waals surface area (Å²) in [4.78, 5) is 21.6. The van der Waals surface area contributed by atoms with E-state index in [1.807, 2.05) is 12.1 Å². The predicted octanol–water partition coefficient (Wildman–Crippen LogP) is 1.42. The molecule has 0 aromatic rings. The highest BCUT2D eigenvalue weighted by Gasteiger charge is 2.45. The van der Waals surface area contributed by atoms with Crippen LogP contribution in [0.2, 0.25) is 0 Å². The Labute approximate surface area is 118 Å². The first-order valence-electron chi connectivity index (χ1n) is 6.71. The largest absolute Gasteiger partial charge is 0.466 e. The minimum Gasteiger partial charge on any atom is -0.466 e. The van der Waals surface area contributed by atoms with Crippen LogP contribution in [0.15, 0.2) is 0 Å². The summed E-state index contributed by atoms with van der Waals surface area (Å²) < 4.78 is 9.42. The Morgan fingerprint density at radius 1 is 0.950 bits per heavy atom. The zero-order valence-electron chi connectivity index (χ0n) is 11.7. The van der Waals surface area contributed by atoms with Gasteiger partial charge in [0.05, 0.1) is 49.0 Å². The molecule has 0 aromatic heterocycles. The van der Waals surface area contributed by atoms with E-state index in [-0.39, 0.29) is 35.6 Å². The van der Waals surface area contributed by atoms with Crippen molar-refractivity contribution < 1.29 is 19.1 Å². The highest BCUT2D eigenvalue weighted by atomic mass is 16.5. The molecule has 0 saturated heterocycles. The molecule has 0 spiro atoms. The average molecular weight is 278 g/mol. The van der Waals surface area contributed by atoms with E-state index in [1.54, 1.807) is 13.8 Å². The van der Waals surface area contributed by atoms with Crippen LogP contribution in [0.1, 0.15) is 26.7 Å². The third-order valence-electron chi connectivity index (χ3n) is 3.09. The van der Waals surface area contributed by atoms with Gasteiger partial charge in [0.2, 0.25) is 0 Å². The van der Waals surface area contributed by atoms with E-state index in [9.17, 15) is 9.59 Å². The summed E-state index contributed by atoms with van der Waals surface area (Å²) in [5, 5.41) is 16.7. The normalized spacial score (nSPS) is 28.8. The molecule has 4 atom stereocenters. The van der Waals surface area contributed by atoms with Crippen LogP contribution in [-0.2, 0) is 19.1 Å². The Morgan fingerprint density at radius 3 is 1.50 bits per heavy atom. The quantitative estimate of drug-likeness (QED) is 0.721. The number of rotatable bonds is 4. The van der Waals surface area contributed by atoms with E-state index in [2.05, 4.69) is 0 Å². The first-order chi connectivity index (χ1) is 9.58. The highest BCUT2D eigenvalue weighted by Crippen LogP contribution is 2.39. The molecule has 2 aliphatic rings. The van der Waals surface area contributed by atoms with Crippen molar-refractivity contribution in [2.75, 3.05) is 13.2 Å². The molecular weight excluding hydrogens is 260 g/mol. The van der Waals surface area contributed by atoms with Crippen LogP contribution in [0.3, 0.4) is 0 Å². The lowest BCUT2D eigenvalue weighted by Gasteiger charge is -1.96. The van der Waals surface area contributed by atoms with Crippen LogP contribution in [0, 0.1) is 46.3 Å². The van der Waals surface area contributed by atoms with Crippen molar-refractivity contribution in [2.24, 2.45) is 23.7 Å². The number of hydrogen-bond acceptors (Lipinski definition) is 6. The van der Waals surface area contributed by atoms with Gasteiger partial charge in [0.1, 0.15) is 0 Å². The molecule has 6 nitrogen and oxygen atoms in total. The zero-order chi connectivity index (χ0) is 15.1. The molecule has 2 aliphatic carbocycles. The van der Waals surface area contributed by atoms with Crippen molar-refractivity contribution in [1.82, 2.24) is 0 Å². The Kier molecular flexibility index (Phi) is 5.99. The van der Waals surface area contributed by atoms with Gasteiger partial charge in [0.15, 0.2) is 0 Å². The van der Waals surface area contributed by atoms with Gasteiger partial charge in [0.25, 0.3) is 0 Å². The SMILES string of the molecule is CCOC(=O)[C@@H]1C[C@@H]1C#N.CCOC(=O)[C@H]1C[C@H]1C#N. The zero-order valence-corrected chi connectivity index (χ0v) is 11.7. The number of nitrogens with zero attached hydrogens (tertiary/aromatic N) is 2. The van der Waals surface area contributed by atoms with E-state index in [0.29, 0.717) is 26.1 Å². The molecule has 108 valence electrons. The summed E-state index contributed by atoms with van der Waals surface area (Å²) in [6.45, 7) is 4.35. The molecule has 0 heterocycles. The van der Waals surface area contributed by atoms with E-state index in [4.69, 9.17) is 20.0 Å². The second-order valence-electron chi connectivity index (χ2n) is 4.66. The molecule has 0 N–H and O–H groups in total. The van der Waals surface area contributed by atoms with Crippen LogP contribution in [0.4, 0.5) is 0 Å². The van der Waals surface area contributed by atoms with Gasteiger partial charge in [-0.2, -0.15) is 10.5 Å². The highest BCUT2D eigenvalue weighted by molar-refractivity contribution is 5.76. The number of carbonyl (C=O) groups excluding carboxylic acids is 2. The van der Waals surface area contributed by atoms with Crippen molar-refractivity contribution in [2.45, 2.75) is 26.7 Å². The minimum atomic E-state index is -0.214. The molecule has 0 amide bonds. The van der Waals surface area contributed by atoms with Gasteiger partial charge in [-0.25, -0.2) is 0 Å². The monoisotopic (exact) mass is 278 g/mol. The van der Waals surface area contributed by atoms with Gasteiger partial charge in [-0.3, -0.25) is 9.59 Å². The third-order valence-corrected chi connectivity index (χ3v) is 3.09. The topological polar surface area (TPSA) is 100 Å². The van der Waals surface area contributed by atoms with Gasteiger partial charge >= 0.3 is 11.9 Å². The number of nitriles is 2. The summed E-state index contributed by atoms with van der Waals surface area (Å²) >= 11 is 0. The van der Waals surface area contributed by atoms with Crippen LogP contribution in [0.25, 0.3) is 0 Å². The molecule has 0 aromatic carbocycles. The summed E-state index contributed by atoms with van der Waals surface area (Å²) in [6.07, 6.45) is 1.38. The molecule has 0 radical (unpaired) electrons. The van der Waals surface area contributed by atoms with Crippen LogP contribution in [-0.4, -0.2) is 25.2 Å². The van der Waals surface area contributed by atoms with Gasteiger partial charge in [-0.05, 0) is 26.7 Å². The minimum absolute atomic E-state index is 0.0703. The van der Waals surface area contributed by atoms with Crippen molar-refractivity contribution in [3.63, 3.8) is 0 Å². The van der Waals surface area contributed by atoms with E-state index in [1.165, 1.54) is 0 Å². The lowest BCUT2D eigenvalue weighted by atomic mass is 10.3. The molecule has 0 aliphatic heterocycles. The molecular formula is C14H18N2O4. The van der Waals surface area contributed by atoms with Crippen LogP contribution >= 0.6 is 0 Å². The second kappa shape index (κ2) is 7.49. The first-order valence-corrected chi connectivity index (χ1v) is 6.71. The third kappa shape index (κ3) is 4.55. The summed E-state index contributed by atoms with van der Waals surface area (Å²) in [7, 11) is 0. The predicted molar refractivity (Wildman–Crippen MR) is 67.7 cm³/mol. The van der Waals surface area contributed by atoms with Gasteiger partial charge < -0.3 is 9.47 Å². The number of ether oxygens (including phenoxy) is 2. The standard InChI is InChI=1S/2C7H9NO2/c2*1-2-10-7(9)6-3-5(6)4-8/h2*5-6H,2-3H2,1H3/t2*5-,6-/m10/s1. The number of carbonyl (C=O) groups is 2. The van der Waals surface area contributed by atoms with Crippen molar-refractivity contribution in [1.29, 1.82) is 10.5 Å². The Bertz CT molecular complexity index is 407. The van der Waals surface area contributed by atoms with Crippen molar-refractivity contribution in [3.8, 4) is 12.1 Å². The fraction of sp³-hybridized carbons (Fsp3) is 0.714. The second-order valence-corrected chi connectivity index (χ2v) is 4.66. The first kappa shape index (κ1) is 16.0. The average Bonchev–Trinajstić information content (AvgIpc) is 3.32. The smallest absolute Gasteiger partial charge is 0.310 e. The molecule has 20 heavy (non-hydrogen) atoms. The Morgan fingerprint density at radius 2 is 1.30 bits per heavy atom. The maximum atomic E-state index is 10.8. The number of esters is 2. The summed E-state index contributed by atoms with van der Waals surface area (Å²) in [6, 6.07) is 4.05. The van der Waals surface area contributed by atoms with E-state index >= 15 is 0 Å². The van der Waals surface area contributed by atoms with Gasteiger partial charge in [-0.15, -0.1) is 0 Å². The Balaban J connectivity index is 0.000000200. The van der Waals surface area contributed by atoms with Crippen LogP contribution in [0.5, 0.6) is 0 Å². The maximum absolute atomic E-state index is 10.8. The van der Waals surface area contributed by atoms with Crippen molar-refractivity contribution in [3.05, 3.63) is 0 Å². The van der Waals surface area contributed by atoms with E-state index < -0.39 is 0 Å². The van der Waals surface area contributed by atoms with Crippen molar-refractivity contribution >= 4 is 11.9 Å². The summed E-state index contributed by atoms with van der Waals surface area (Å²) in [5.41, 5.74) is 0. The molecule has 2 rings (SSSR count). The van der Waals surface area contributed by atoms with Gasteiger partial charge in [0, 0.05) is 0 Å². The molecule has 2 fully saturated rings. The fourth-order valence-electron chi connectivity index (χ4n) is 1.69. The maximum Gasteiger partial charge on any atom is 0.310 e. The molecule has 2 saturated carbocycles. The van der Waals surface area contributed by atoms with Crippen LogP contribution < -0.4 is 0 Å².